The highest BCUT2D eigenvalue weighted by Crippen LogP contribution is 2.52. The molecule has 1 aliphatic heterocycles. The molecule has 2 bridgehead atoms. The Hall–Kier alpha value is -1.29. The maximum atomic E-state index is 12.1. The predicted molar refractivity (Wildman–Crippen MR) is 101 cm³/mol. The van der Waals surface area contributed by atoms with Gasteiger partial charge in [0, 0.05) is 17.9 Å². The molecule has 0 spiro atoms. The number of carbonyl (C=O) groups is 1. The number of rotatable bonds is 7. The van der Waals surface area contributed by atoms with E-state index in [1.54, 1.807) is 0 Å². The lowest BCUT2D eigenvalue weighted by Crippen LogP contribution is -2.56. The van der Waals surface area contributed by atoms with Gasteiger partial charge in [0.05, 0.1) is 12.7 Å². The third-order valence-corrected chi connectivity index (χ3v) is 6.19. The molecule has 0 aromatic rings. The molecule has 0 saturated carbocycles. The Labute approximate surface area is 153 Å². The number of amides is 1. The van der Waals surface area contributed by atoms with Gasteiger partial charge in [0.2, 0.25) is 0 Å². The molecule has 1 N–H and O–H groups in total. The van der Waals surface area contributed by atoms with Gasteiger partial charge >= 0.3 is 6.09 Å². The molecule has 1 heterocycles. The molecular weight excluding hydrogens is 314 g/mol. The number of hydrogen-bond donors (Lipinski definition) is 1. The van der Waals surface area contributed by atoms with Crippen LogP contribution in [-0.2, 0) is 9.47 Å². The molecule has 4 heteroatoms. The molecule has 0 aromatic carbocycles. The number of alkyl carbamates (subject to hydrolysis) is 1. The van der Waals surface area contributed by atoms with Crippen LogP contribution in [0.25, 0.3) is 0 Å². The predicted octanol–water partition coefficient (Wildman–Crippen LogP) is 4.71. The van der Waals surface area contributed by atoms with Crippen molar-refractivity contribution in [1.29, 1.82) is 0 Å². The van der Waals surface area contributed by atoms with E-state index in [0.717, 1.165) is 19.3 Å². The van der Waals surface area contributed by atoms with Crippen molar-refractivity contribution in [1.82, 2.24) is 5.32 Å². The first-order valence-electron chi connectivity index (χ1n) is 9.79. The summed E-state index contributed by atoms with van der Waals surface area (Å²) in [5.74, 6) is 1.10. The highest BCUT2D eigenvalue weighted by Gasteiger charge is 2.53. The number of unbranched alkanes of at least 4 members (excludes halogenated alkanes) is 2. The molecule has 5 atom stereocenters. The van der Waals surface area contributed by atoms with Crippen molar-refractivity contribution in [2.45, 2.75) is 60.0 Å². The van der Waals surface area contributed by atoms with Gasteiger partial charge in [0.1, 0.15) is 6.61 Å². The van der Waals surface area contributed by atoms with Gasteiger partial charge in [-0.25, -0.2) is 4.79 Å². The van der Waals surface area contributed by atoms with E-state index in [-0.39, 0.29) is 17.6 Å². The third-order valence-electron chi connectivity index (χ3n) is 6.19. The van der Waals surface area contributed by atoms with E-state index in [9.17, 15) is 4.79 Å². The second-order valence-electron chi connectivity index (χ2n) is 7.76. The second kappa shape index (κ2) is 8.88. The Balaban J connectivity index is 2.02. The fourth-order valence-corrected chi connectivity index (χ4v) is 4.49. The fourth-order valence-electron chi connectivity index (χ4n) is 4.49. The van der Waals surface area contributed by atoms with Crippen molar-refractivity contribution in [2.75, 3.05) is 19.8 Å². The van der Waals surface area contributed by atoms with Crippen LogP contribution < -0.4 is 5.32 Å². The van der Waals surface area contributed by atoms with Crippen LogP contribution in [0.4, 0.5) is 4.79 Å². The van der Waals surface area contributed by atoms with Gasteiger partial charge in [-0.3, -0.25) is 0 Å². The molecule has 1 amide bonds. The van der Waals surface area contributed by atoms with Crippen LogP contribution in [0.5, 0.6) is 0 Å². The molecule has 142 valence electrons. The first kappa shape index (κ1) is 20.0. The zero-order valence-electron chi connectivity index (χ0n) is 16.5. The van der Waals surface area contributed by atoms with E-state index in [1.807, 2.05) is 6.92 Å². The van der Waals surface area contributed by atoms with Gasteiger partial charge in [-0.15, -0.1) is 0 Å². The van der Waals surface area contributed by atoms with Gasteiger partial charge in [-0.2, -0.15) is 0 Å². The normalized spacial score (nSPS) is 34.7. The number of fused-ring (bicyclic) bond motifs is 2. The van der Waals surface area contributed by atoms with Gasteiger partial charge in [-0.05, 0) is 32.1 Å². The SMILES string of the molecule is C/C=C/[C@H]1OC[C@@]2(COC(=O)NCCCCC)[C@H](C)C=C(C)[C@H]1[C@H]2C. The molecule has 0 aromatic heterocycles. The van der Waals surface area contributed by atoms with Crippen LogP contribution in [0.15, 0.2) is 23.8 Å². The maximum Gasteiger partial charge on any atom is 0.407 e. The Morgan fingerprint density at radius 3 is 2.88 bits per heavy atom. The lowest BCUT2D eigenvalue weighted by molar-refractivity contribution is -0.149. The van der Waals surface area contributed by atoms with Crippen LogP contribution in [0.1, 0.15) is 53.9 Å². The number of hydrogen-bond acceptors (Lipinski definition) is 3. The Bertz CT molecular complexity index is 513. The minimum absolute atomic E-state index is 0.125. The molecule has 2 rings (SSSR count). The van der Waals surface area contributed by atoms with Crippen molar-refractivity contribution in [3.05, 3.63) is 23.8 Å². The summed E-state index contributed by atoms with van der Waals surface area (Å²) in [5.41, 5.74) is 1.26. The van der Waals surface area contributed by atoms with E-state index in [2.05, 4.69) is 51.2 Å². The van der Waals surface area contributed by atoms with Crippen LogP contribution in [0.3, 0.4) is 0 Å². The highest BCUT2D eigenvalue weighted by atomic mass is 16.6. The van der Waals surface area contributed by atoms with Crippen LogP contribution >= 0.6 is 0 Å². The largest absolute Gasteiger partial charge is 0.449 e. The molecule has 0 radical (unpaired) electrons. The smallest absolute Gasteiger partial charge is 0.407 e. The minimum atomic E-state index is -0.303. The van der Waals surface area contributed by atoms with Crippen molar-refractivity contribution in [3.63, 3.8) is 0 Å². The summed E-state index contributed by atoms with van der Waals surface area (Å²) in [5, 5.41) is 2.87. The highest BCUT2D eigenvalue weighted by molar-refractivity contribution is 5.67. The Kier molecular flexibility index (Phi) is 7.12. The Morgan fingerprint density at radius 1 is 1.44 bits per heavy atom. The fraction of sp³-hybridized carbons (Fsp3) is 0.762. The monoisotopic (exact) mass is 349 g/mol. The Morgan fingerprint density at radius 2 is 2.20 bits per heavy atom. The summed E-state index contributed by atoms with van der Waals surface area (Å²) in [6.07, 6.45) is 9.67. The molecule has 4 nitrogen and oxygen atoms in total. The number of ether oxygens (including phenoxy) is 2. The zero-order valence-corrected chi connectivity index (χ0v) is 16.5. The van der Waals surface area contributed by atoms with Crippen molar-refractivity contribution < 1.29 is 14.3 Å². The average Bonchev–Trinajstić information content (AvgIpc) is 2.57. The van der Waals surface area contributed by atoms with E-state index in [1.165, 1.54) is 5.57 Å². The molecule has 25 heavy (non-hydrogen) atoms. The van der Waals surface area contributed by atoms with Crippen LogP contribution in [0, 0.1) is 23.2 Å². The van der Waals surface area contributed by atoms with E-state index in [0.29, 0.717) is 37.5 Å². The first-order chi connectivity index (χ1) is 12.0. The topological polar surface area (TPSA) is 47.6 Å². The number of allylic oxidation sites excluding steroid dienone is 2. The molecule has 1 aliphatic carbocycles. The molecule has 2 aliphatic rings. The third kappa shape index (κ3) is 4.28. The lowest BCUT2D eigenvalue weighted by Gasteiger charge is -2.54. The lowest BCUT2D eigenvalue weighted by atomic mass is 9.56. The summed E-state index contributed by atoms with van der Waals surface area (Å²) < 4.78 is 11.8. The van der Waals surface area contributed by atoms with E-state index in [4.69, 9.17) is 9.47 Å². The van der Waals surface area contributed by atoms with Crippen molar-refractivity contribution >= 4 is 6.09 Å². The summed E-state index contributed by atoms with van der Waals surface area (Å²) in [7, 11) is 0. The van der Waals surface area contributed by atoms with Gasteiger partial charge < -0.3 is 14.8 Å². The first-order valence-corrected chi connectivity index (χ1v) is 9.79. The summed E-state index contributed by atoms with van der Waals surface area (Å²) in [4.78, 5) is 12.1. The zero-order chi connectivity index (χ0) is 18.4. The van der Waals surface area contributed by atoms with Gasteiger partial charge in [0.25, 0.3) is 0 Å². The maximum absolute atomic E-state index is 12.1. The van der Waals surface area contributed by atoms with Crippen molar-refractivity contribution in [3.8, 4) is 0 Å². The number of carbonyl (C=O) groups excluding carboxylic acids is 1. The minimum Gasteiger partial charge on any atom is -0.449 e. The van der Waals surface area contributed by atoms with Crippen molar-refractivity contribution in [2.24, 2.45) is 23.2 Å². The van der Waals surface area contributed by atoms with Gasteiger partial charge in [0.15, 0.2) is 0 Å². The molecular formula is C21H35NO3. The summed E-state index contributed by atoms with van der Waals surface area (Å²) in [6.45, 7) is 12.6. The van der Waals surface area contributed by atoms with Crippen LogP contribution in [-0.4, -0.2) is 32.0 Å². The van der Waals surface area contributed by atoms with Crippen LogP contribution in [0.2, 0.25) is 0 Å². The standard InChI is InChI=1S/C21H35NO3/c1-6-8-9-11-22-20(23)25-14-21-13-24-18(10-7-2)19(17(21)5)15(3)12-16(21)4/h7,10,12,16-19H,6,8-9,11,13-14H2,1-5H3,(H,22,23)/b10-7+/t16-,17-,18-,19+,21-/m1/s1. The van der Waals surface area contributed by atoms with E-state index >= 15 is 0 Å². The number of nitrogens with one attached hydrogen (secondary N) is 1. The van der Waals surface area contributed by atoms with Gasteiger partial charge in [-0.1, -0.05) is 57.4 Å². The molecule has 0 unspecified atom stereocenters. The second-order valence-corrected chi connectivity index (χ2v) is 7.76. The summed E-state index contributed by atoms with van der Waals surface area (Å²) in [6, 6.07) is 0. The average molecular weight is 350 g/mol. The summed E-state index contributed by atoms with van der Waals surface area (Å²) >= 11 is 0. The quantitative estimate of drug-likeness (QED) is 0.535. The molecule has 1 saturated heterocycles. The van der Waals surface area contributed by atoms with E-state index < -0.39 is 0 Å². The molecule has 1 fully saturated rings.